The third-order valence-corrected chi connectivity index (χ3v) is 2.97. The molecule has 0 spiro atoms. The highest BCUT2D eigenvalue weighted by molar-refractivity contribution is 5.79. The van der Waals surface area contributed by atoms with Gasteiger partial charge >= 0.3 is 0 Å². The first kappa shape index (κ1) is 16.4. The van der Waals surface area contributed by atoms with Crippen LogP contribution in [0.15, 0.2) is 0 Å². The van der Waals surface area contributed by atoms with Crippen LogP contribution in [-0.2, 0) is 4.79 Å². The van der Waals surface area contributed by atoms with E-state index in [1.165, 1.54) is 0 Å². The summed E-state index contributed by atoms with van der Waals surface area (Å²) in [5.74, 6) is 0.213. The Labute approximate surface area is 107 Å². The molecule has 0 aromatic heterocycles. The minimum absolute atomic E-state index is 0.0215. The maximum absolute atomic E-state index is 12.3. The van der Waals surface area contributed by atoms with Crippen LogP contribution in [0.3, 0.4) is 0 Å². The number of unbranched alkanes of at least 4 members (excludes halogenated alkanes) is 1. The van der Waals surface area contributed by atoms with Gasteiger partial charge in [0.1, 0.15) is 0 Å². The van der Waals surface area contributed by atoms with Crippen LogP contribution >= 0.6 is 0 Å². The molecule has 17 heavy (non-hydrogen) atoms. The van der Waals surface area contributed by atoms with Crippen molar-refractivity contribution in [3.8, 4) is 0 Å². The Kier molecular flexibility index (Phi) is 7.44. The summed E-state index contributed by atoms with van der Waals surface area (Å²) < 4.78 is 0. The van der Waals surface area contributed by atoms with E-state index < -0.39 is 0 Å². The van der Waals surface area contributed by atoms with E-state index in [4.69, 9.17) is 5.73 Å². The van der Waals surface area contributed by atoms with E-state index in [-0.39, 0.29) is 17.2 Å². The van der Waals surface area contributed by atoms with E-state index in [0.717, 1.165) is 32.4 Å². The Hall–Kier alpha value is -0.570. The van der Waals surface area contributed by atoms with Crippen molar-refractivity contribution in [1.82, 2.24) is 4.90 Å². The molecule has 0 radical (unpaired) electrons. The zero-order valence-electron chi connectivity index (χ0n) is 12.3. The van der Waals surface area contributed by atoms with Crippen molar-refractivity contribution < 1.29 is 4.79 Å². The smallest absolute Gasteiger partial charge is 0.226 e. The molecule has 0 saturated heterocycles. The molecule has 1 unspecified atom stereocenters. The number of amides is 1. The number of nitrogens with zero attached hydrogens (tertiary/aromatic N) is 1. The molecular weight excluding hydrogens is 212 g/mol. The van der Waals surface area contributed by atoms with Crippen LogP contribution in [0.1, 0.15) is 53.9 Å². The molecule has 0 aliphatic heterocycles. The van der Waals surface area contributed by atoms with Crippen molar-refractivity contribution >= 4 is 5.91 Å². The van der Waals surface area contributed by atoms with Gasteiger partial charge in [-0.05, 0) is 25.2 Å². The van der Waals surface area contributed by atoms with Crippen molar-refractivity contribution in [2.45, 2.75) is 53.9 Å². The van der Waals surface area contributed by atoms with E-state index in [1.54, 1.807) is 0 Å². The Morgan fingerprint density at radius 1 is 1.29 bits per heavy atom. The van der Waals surface area contributed by atoms with Gasteiger partial charge in [-0.1, -0.05) is 34.1 Å². The average molecular weight is 242 g/mol. The molecule has 1 amide bonds. The monoisotopic (exact) mass is 242 g/mol. The number of nitrogens with two attached hydrogens (primary N) is 1. The van der Waals surface area contributed by atoms with E-state index in [1.807, 2.05) is 11.8 Å². The summed E-state index contributed by atoms with van der Waals surface area (Å²) in [5.41, 5.74) is 5.91. The molecule has 3 nitrogen and oxygen atoms in total. The van der Waals surface area contributed by atoms with Gasteiger partial charge in [0.15, 0.2) is 0 Å². The lowest BCUT2D eigenvalue weighted by Gasteiger charge is -2.29. The molecular formula is C14H30N2O. The Bertz CT molecular complexity index is 221. The van der Waals surface area contributed by atoms with Gasteiger partial charge in [0.05, 0.1) is 5.92 Å². The number of rotatable bonds is 7. The number of hydrogen-bond acceptors (Lipinski definition) is 2. The molecule has 0 aliphatic rings. The van der Waals surface area contributed by atoms with Crippen LogP contribution in [0.4, 0.5) is 0 Å². The van der Waals surface area contributed by atoms with Gasteiger partial charge in [0.2, 0.25) is 5.91 Å². The quantitative estimate of drug-likeness (QED) is 0.746. The fraction of sp³-hybridized carbons (Fsp3) is 0.929. The highest BCUT2D eigenvalue weighted by Gasteiger charge is 2.26. The van der Waals surface area contributed by atoms with Crippen LogP contribution in [0, 0.1) is 11.3 Å². The van der Waals surface area contributed by atoms with Gasteiger partial charge in [0.25, 0.3) is 0 Å². The summed E-state index contributed by atoms with van der Waals surface area (Å²) in [5, 5.41) is 0. The summed E-state index contributed by atoms with van der Waals surface area (Å²) in [6.07, 6.45) is 3.06. The summed E-state index contributed by atoms with van der Waals surface area (Å²) in [7, 11) is 0. The minimum Gasteiger partial charge on any atom is -0.343 e. The lowest BCUT2D eigenvalue weighted by molar-refractivity contribution is -0.136. The molecule has 0 aromatic carbocycles. The number of carbonyl (C=O) groups is 1. The van der Waals surface area contributed by atoms with E-state index >= 15 is 0 Å². The second-order valence-corrected chi connectivity index (χ2v) is 5.97. The van der Waals surface area contributed by atoms with Gasteiger partial charge in [-0.3, -0.25) is 4.79 Å². The minimum atomic E-state index is -0.0215. The molecule has 2 N–H and O–H groups in total. The largest absolute Gasteiger partial charge is 0.343 e. The fourth-order valence-corrected chi connectivity index (χ4v) is 2.04. The molecule has 0 aromatic rings. The highest BCUT2D eigenvalue weighted by Crippen LogP contribution is 2.25. The first-order valence-electron chi connectivity index (χ1n) is 6.84. The predicted octanol–water partition coefficient (Wildman–Crippen LogP) is 2.65. The van der Waals surface area contributed by atoms with Crippen LogP contribution in [0.2, 0.25) is 0 Å². The average Bonchev–Trinajstić information content (AvgIpc) is 2.25. The third-order valence-electron chi connectivity index (χ3n) is 2.97. The van der Waals surface area contributed by atoms with E-state index in [2.05, 4.69) is 27.7 Å². The Balaban J connectivity index is 4.48. The van der Waals surface area contributed by atoms with Crippen molar-refractivity contribution in [1.29, 1.82) is 0 Å². The van der Waals surface area contributed by atoms with Crippen molar-refractivity contribution in [3.05, 3.63) is 0 Å². The molecule has 0 heterocycles. The standard InChI is InChI=1S/C14H30N2O/c1-6-8-9-16(7-2)13(17)12(11-15)10-14(3,4)5/h12H,6-11,15H2,1-5H3. The molecule has 0 rings (SSSR count). The highest BCUT2D eigenvalue weighted by atomic mass is 16.2. The van der Waals surface area contributed by atoms with Gasteiger partial charge in [-0.25, -0.2) is 0 Å². The van der Waals surface area contributed by atoms with Crippen molar-refractivity contribution in [2.75, 3.05) is 19.6 Å². The Morgan fingerprint density at radius 2 is 1.88 bits per heavy atom. The van der Waals surface area contributed by atoms with Crippen LogP contribution < -0.4 is 5.73 Å². The third kappa shape index (κ3) is 6.67. The second-order valence-electron chi connectivity index (χ2n) is 5.97. The van der Waals surface area contributed by atoms with Crippen molar-refractivity contribution in [2.24, 2.45) is 17.1 Å². The number of carbonyl (C=O) groups excluding carboxylic acids is 1. The van der Waals surface area contributed by atoms with Crippen LogP contribution in [-0.4, -0.2) is 30.4 Å². The summed E-state index contributed by atoms with van der Waals surface area (Å²) in [6.45, 7) is 12.8. The molecule has 1 atom stereocenters. The van der Waals surface area contributed by atoms with Gasteiger partial charge in [-0.15, -0.1) is 0 Å². The molecule has 3 heteroatoms. The molecule has 0 fully saturated rings. The zero-order valence-corrected chi connectivity index (χ0v) is 12.3. The topological polar surface area (TPSA) is 46.3 Å². The number of hydrogen-bond donors (Lipinski definition) is 1. The summed E-state index contributed by atoms with van der Waals surface area (Å²) in [4.78, 5) is 14.3. The predicted molar refractivity (Wildman–Crippen MR) is 73.8 cm³/mol. The molecule has 0 bridgehead atoms. The summed E-state index contributed by atoms with van der Waals surface area (Å²) in [6, 6.07) is 0. The fourth-order valence-electron chi connectivity index (χ4n) is 2.04. The lowest BCUT2D eigenvalue weighted by atomic mass is 9.84. The van der Waals surface area contributed by atoms with Gasteiger partial charge in [-0.2, -0.15) is 0 Å². The summed E-state index contributed by atoms with van der Waals surface area (Å²) >= 11 is 0. The van der Waals surface area contributed by atoms with E-state index in [0.29, 0.717) is 6.54 Å². The zero-order chi connectivity index (χ0) is 13.5. The molecule has 0 aliphatic carbocycles. The van der Waals surface area contributed by atoms with Crippen LogP contribution in [0.25, 0.3) is 0 Å². The maximum atomic E-state index is 12.3. The molecule has 0 saturated carbocycles. The van der Waals surface area contributed by atoms with Gasteiger partial charge < -0.3 is 10.6 Å². The lowest BCUT2D eigenvalue weighted by Crippen LogP contribution is -2.41. The van der Waals surface area contributed by atoms with Gasteiger partial charge in [0, 0.05) is 19.6 Å². The second kappa shape index (κ2) is 7.70. The Morgan fingerprint density at radius 3 is 2.24 bits per heavy atom. The first-order chi connectivity index (χ1) is 7.85. The SMILES string of the molecule is CCCCN(CC)C(=O)C(CN)CC(C)(C)C. The van der Waals surface area contributed by atoms with Crippen molar-refractivity contribution in [3.63, 3.8) is 0 Å². The molecule has 102 valence electrons. The first-order valence-corrected chi connectivity index (χ1v) is 6.84. The maximum Gasteiger partial charge on any atom is 0.226 e. The van der Waals surface area contributed by atoms with E-state index in [9.17, 15) is 4.79 Å². The van der Waals surface area contributed by atoms with Crippen LogP contribution in [0.5, 0.6) is 0 Å². The normalized spacial score (nSPS) is 13.5.